The van der Waals surface area contributed by atoms with E-state index in [1.54, 1.807) is 12.1 Å². The second-order valence-corrected chi connectivity index (χ2v) is 6.33. The summed E-state index contributed by atoms with van der Waals surface area (Å²) in [6.07, 6.45) is 0. The van der Waals surface area contributed by atoms with E-state index in [9.17, 15) is 9.59 Å². The summed E-state index contributed by atoms with van der Waals surface area (Å²) < 4.78 is 5.25. The molecule has 3 heterocycles. The first-order chi connectivity index (χ1) is 10.6. The van der Waals surface area contributed by atoms with Gasteiger partial charge in [0, 0.05) is 6.07 Å². The van der Waals surface area contributed by atoms with Crippen LogP contribution >= 0.6 is 22.9 Å². The highest BCUT2D eigenvalue weighted by molar-refractivity contribution is 7.13. The van der Waals surface area contributed by atoms with Crippen molar-refractivity contribution in [3.63, 3.8) is 0 Å². The number of nitrogens with zero attached hydrogens (tertiary/aromatic N) is 3. The largest absolute Gasteiger partial charge is 0.315 e. The van der Waals surface area contributed by atoms with Crippen LogP contribution in [0.3, 0.4) is 0 Å². The van der Waals surface area contributed by atoms with Gasteiger partial charge in [0.1, 0.15) is 17.2 Å². The first-order valence-corrected chi connectivity index (χ1v) is 8.12. The Morgan fingerprint density at radius 3 is 2.91 bits per heavy atom. The maximum atomic E-state index is 12.0. The minimum atomic E-state index is -0.309. The van der Waals surface area contributed by atoms with Crippen molar-refractivity contribution in [1.82, 2.24) is 14.2 Å². The number of hydrogen-bond acceptors (Lipinski definition) is 6. The Hall–Kier alpha value is -2.32. The van der Waals surface area contributed by atoms with Crippen LogP contribution in [0, 0.1) is 6.92 Å². The highest BCUT2D eigenvalue weighted by Gasteiger charge is 2.10. The SMILES string of the molecule is Cc1cc(NC(=O)Cn2nc(-c3cccs3)ccc2=O)sn1. The van der Waals surface area contributed by atoms with Crippen LogP contribution in [-0.4, -0.2) is 20.1 Å². The van der Waals surface area contributed by atoms with Crippen LogP contribution < -0.4 is 10.9 Å². The molecule has 0 aromatic carbocycles. The summed E-state index contributed by atoms with van der Waals surface area (Å²) in [5, 5.41) is 9.55. The Labute approximate surface area is 134 Å². The molecule has 3 aromatic rings. The molecule has 0 aliphatic carbocycles. The van der Waals surface area contributed by atoms with Crippen LogP contribution in [0.1, 0.15) is 5.69 Å². The van der Waals surface area contributed by atoms with Gasteiger partial charge in [-0.15, -0.1) is 11.3 Å². The highest BCUT2D eigenvalue weighted by atomic mass is 32.1. The molecule has 0 radical (unpaired) electrons. The van der Waals surface area contributed by atoms with E-state index in [4.69, 9.17) is 0 Å². The Morgan fingerprint density at radius 1 is 1.36 bits per heavy atom. The van der Waals surface area contributed by atoms with Crippen molar-refractivity contribution in [3.05, 3.63) is 51.8 Å². The van der Waals surface area contributed by atoms with Gasteiger partial charge in [-0.3, -0.25) is 9.59 Å². The predicted molar refractivity (Wildman–Crippen MR) is 87.3 cm³/mol. The normalized spacial score (nSPS) is 10.6. The van der Waals surface area contributed by atoms with Gasteiger partial charge < -0.3 is 5.32 Å². The minimum absolute atomic E-state index is 0.130. The molecule has 0 bridgehead atoms. The fourth-order valence-electron chi connectivity index (χ4n) is 1.85. The lowest BCUT2D eigenvalue weighted by Crippen LogP contribution is -2.29. The van der Waals surface area contributed by atoms with Crippen molar-refractivity contribution in [1.29, 1.82) is 0 Å². The average molecular weight is 332 g/mol. The standard InChI is InChI=1S/C14H12N4O2S2/c1-9-7-13(22-17-9)15-12(19)8-18-14(20)5-4-10(16-18)11-3-2-6-21-11/h2-7H,8H2,1H3,(H,15,19). The number of carbonyl (C=O) groups excluding carboxylic acids is 1. The van der Waals surface area contributed by atoms with E-state index >= 15 is 0 Å². The van der Waals surface area contributed by atoms with Gasteiger partial charge in [-0.25, -0.2) is 4.68 Å². The predicted octanol–water partition coefficient (Wildman–Crippen LogP) is 2.38. The lowest BCUT2D eigenvalue weighted by atomic mass is 10.3. The van der Waals surface area contributed by atoms with Gasteiger partial charge in [0.05, 0.1) is 10.6 Å². The van der Waals surface area contributed by atoms with Crippen LogP contribution in [0.5, 0.6) is 0 Å². The van der Waals surface area contributed by atoms with Crippen LogP contribution in [0.4, 0.5) is 5.00 Å². The second kappa shape index (κ2) is 6.20. The molecular weight excluding hydrogens is 320 g/mol. The van der Waals surface area contributed by atoms with Crippen molar-refractivity contribution in [2.45, 2.75) is 13.5 Å². The lowest BCUT2D eigenvalue weighted by Gasteiger charge is -2.06. The monoisotopic (exact) mass is 332 g/mol. The molecular formula is C14H12N4O2S2. The zero-order valence-corrected chi connectivity index (χ0v) is 13.3. The molecule has 0 fully saturated rings. The van der Waals surface area contributed by atoms with Gasteiger partial charge in [0.15, 0.2) is 0 Å². The van der Waals surface area contributed by atoms with Crippen molar-refractivity contribution in [2.24, 2.45) is 0 Å². The fourth-order valence-corrected chi connectivity index (χ4v) is 3.22. The molecule has 0 saturated carbocycles. The summed E-state index contributed by atoms with van der Waals surface area (Å²) in [6, 6.07) is 8.69. The summed E-state index contributed by atoms with van der Waals surface area (Å²) >= 11 is 2.74. The van der Waals surface area contributed by atoms with Crippen molar-refractivity contribution < 1.29 is 4.79 Å². The Morgan fingerprint density at radius 2 is 2.23 bits per heavy atom. The first kappa shape index (κ1) is 14.6. The Kier molecular flexibility index (Phi) is 4.12. The molecule has 0 aliphatic heterocycles. The Bertz CT molecular complexity index is 852. The van der Waals surface area contributed by atoms with Crippen LogP contribution in [0.2, 0.25) is 0 Å². The maximum absolute atomic E-state index is 12.0. The molecule has 3 rings (SSSR count). The fraction of sp³-hybridized carbons (Fsp3) is 0.143. The Balaban J connectivity index is 1.78. The topological polar surface area (TPSA) is 76.9 Å². The van der Waals surface area contributed by atoms with Gasteiger partial charge in [-0.2, -0.15) is 9.47 Å². The van der Waals surface area contributed by atoms with Crippen molar-refractivity contribution >= 4 is 33.8 Å². The highest BCUT2D eigenvalue weighted by Crippen LogP contribution is 2.21. The van der Waals surface area contributed by atoms with E-state index < -0.39 is 0 Å². The maximum Gasteiger partial charge on any atom is 0.267 e. The molecule has 0 spiro atoms. The number of anilines is 1. The van der Waals surface area contributed by atoms with E-state index in [1.165, 1.54) is 28.9 Å². The van der Waals surface area contributed by atoms with Gasteiger partial charge in [-0.05, 0) is 42.0 Å². The van der Waals surface area contributed by atoms with Crippen LogP contribution in [0.25, 0.3) is 10.6 Å². The lowest BCUT2D eigenvalue weighted by molar-refractivity contribution is -0.116. The van der Waals surface area contributed by atoms with E-state index in [1.807, 2.05) is 24.4 Å². The summed E-state index contributed by atoms with van der Waals surface area (Å²) in [5.74, 6) is -0.304. The summed E-state index contributed by atoms with van der Waals surface area (Å²) in [5.41, 5.74) is 1.21. The third-order valence-corrected chi connectivity index (χ3v) is 4.51. The van der Waals surface area contributed by atoms with Gasteiger partial charge in [0.2, 0.25) is 5.91 Å². The molecule has 0 atom stereocenters. The van der Waals surface area contributed by atoms with Gasteiger partial charge in [-0.1, -0.05) is 6.07 Å². The molecule has 112 valence electrons. The van der Waals surface area contributed by atoms with Crippen molar-refractivity contribution in [3.8, 4) is 10.6 Å². The average Bonchev–Trinajstić information content (AvgIpc) is 3.13. The number of amides is 1. The van der Waals surface area contributed by atoms with E-state index in [-0.39, 0.29) is 18.0 Å². The number of thiophene rings is 1. The zero-order valence-electron chi connectivity index (χ0n) is 11.6. The molecule has 0 unspecified atom stereocenters. The summed E-state index contributed by atoms with van der Waals surface area (Å²) in [4.78, 5) is 24.8. The molecule has 6 nitrogen and oxygen atoms in total. The third-order valence-electron chi connectivity index (χ3n) is 2.82. The molecule has 0 saturated heterocycles. The molecule has 0 aliphatic rings. The number of aryl methyl sites for hydroxylation is 1. The smallest absolute Gasteiger partial charge is 0.267 e. The number of aromatic nitrogens is 3. The first-order valence-electron chi connectivity index (χ1n) is 6.47. The summed E-state index contributed by atoms with van der Waals surface area (Å²) in [7, 11) is 0. The molecule has 1 amide bonds. The van der Waals surface area contributed by atoms with E-state index in [0.717, 1.165) is 15.3 Å². The summed E-state index contributed by atoms with van der Waals surface area (Å²) in [6.45, 7) is 1.72. The van der Waals surface area contributed by atoms with Crippen molar-refractivity contribution in [2.75, 3.05) is 5.32 Å². The number of hydrogen-bond donors (Lipinski definition) is 1. The van der Waals surface area contributed by atoms with Gasteiger partial charge >= 0.3 is 0 Å². The van der Waals surface area contributed by atoms with E-state index in [2.05, 4.69) is 14.8 Å². The van der Waals surface area contributed by atoms with Gasteiger partial charge in [0.25, 0.3) is 5.56 Å². The molecule has 3 aromatic heterocycles. The number of carbonyl (C=O) groups is 1. The van der Waals surface area contributed by atoms with E-state index in [0.29, 0.717) is 10.7 Å². The van der Waals surface area contributed by atoms with Crippen LogP contribution in [-0.2, 0) is 11.3 Å². The number of nitrogens with one attached hydrogen (secondary N) is 1. The molecule has 1 N–H and O–H groups in total. The quantitative estimate of drug-likeness (QED) is 0.796. The minimum Gasteiger partial charge on any atom is -0.315 e. The molecule has 8 heteroatoms. The van der Waals surface area contributed by atoms with Crippen LogP contribution in [0.15, 0.2) is 40.5 Å². The zero-order chi connectivity index (χ0) is 15.5. The number of rotatable bonds is 4. The second-order valence-electron chi connectivity index (χ2n) is 4.57. The third kappa shape index (κ3) is 3.29. The molecule has 22 heavy (non-hydrogen) atoms.